The molecule has 11 heteroatoms. The minimum Gasteiger partial charge on any atom is -0.481 e. The average molecular weight is 569 g/mol. The molecule has 2 aliphatic heterocycles. The van der Waals surface area contributed by atoms with E-state index in [1.807, 2.05) is 17.8 Å². The lowest BCUT2D eigenvalue weighted by Gasteiger charge is -2.34. The van der Waals surface area contributed by atoms with E-state index >= 15 is 0 Å². The first-order chi connectivity index (χ1) is 17.9. The minimum absolute atomic E-state index is 0. The zero-order valence-corrected chi connectivity index (χ0v) is 22.9. The number of hydrogen-bond acceptors (Lipinski definition) is 7. The maximum absolute atomic E-state index is 9.64. The molecule has 38 heavy (non-hydrogen) atoms. The Bertz CT molecular complexity index is 1020. The highest BCUT2D eigenvalue weighted by Gasteiger charge is 2.24. The van der Waals surface area contributed by atoms with Crippen LogP contribution in [0.3, 0.4) is 0 Å². The Kier molecular flexibility index (Phi) is 14.1. The van der Waals surface area contributed by atoms with Crippen molar-refractivity contribution in [2.45, 2.75) is 41.6 Å². The van der Waals surface area contributed by atoms with Crippen molar-refractivity contribution < 1.29 is 35.1 Å². The number of carboxylic acids is 2. The monoisotopic (exact) mass is 568 g/mol. The maximum Gasteiger partial charge on any atom is 0.303 e. The summed E-state index contributed by atoms with van der Waals surface area (Å²) >= 11 is 8.08. The topological polar surface area (TPSA) is 142 Å². The van der Waals surface area contributed by atoms with Crippen LogP contribution >= 0.6 is 23.4 Å². The highest BCUT2D eigenvalue weighted by atomic mass is 35.5. The summed E-state index contributed by atoms with van der Waals surface area (Å²) in [7, 11) is 0. The summed E-state index contributed by atoms with van der Waals surface area (Å²) in [6, 6.07) is 14.8. The molecule has 0 aromatic heterocycles. The third-order valence-electron chi connectivity index (χ3n) is 6.29. The van der Waals surface area contributed by atoms with Gasteiger partial charge in [-0.25, -0.2) is 0 Å². The summed E-state index contributed by atoms with van der Waals surface area (Å²) in [5, 5.41) is 25.6. The Hall–Kier alpha value is -2.18. The Morgan fingerprint density at radius 3 is 2.21 bits per heavy atom. The van der Waals surface area contributed by atoms with Crippen molar-refractivity contribution >= 4 is 35.3 Å². The van der Waals surface area contributed by atoms with Gasteiger partial charge >= 0.3 is 11.9 Å². The summed E-state index contributed by atoms with van der Waals surface area (Å²) < 4.78 is 6.44. The Balaban J connectivity index is 0.000000493. The van der Waals surface area contributed by atoms with Gasteiger partial charge in [0.2, 0.25) is 0 Å². The normalized spacial score (nSPS) is 17.2. The first kappa shape index (κ1) is 32.0. The number of fused-ring (bicyclic) bond motifs is 2. The van der Waals surface area contributed by atoms with Crippen LogP contribution < -0.4 is 0 Å². The second-order valence-electron chi connectivity index (χ2n) is 9.00. The fraction of sp³-hybridized carbons (Fsp3) is 0.481. The van der Waals surface area contributed by atoms with Gasteiger partial charge in [0.05, 0.1) is 25.6 Å². The minimum atomic E-state index is -1.08. The molecule has 2 aromatic carbocycles. The lowest BCUT2D eigenvalue weighted by molar-refractivity contribution is -0.143. The molecule has 9 nitrogen and oxygen atoms in total. The summed E-state index contributed by atoms with van der Waals surface area (Å²) in [6.45, 7) is 7.28. The highest BCUT2D eigenvalue weighted by Crippen LogP contribution is 2.42. The van der Waals surface area contributed by atoms with Crippen LogP contribution in [0.15, 0.2) is 52.3 Å². The molecule has 0 aliphatic carbocycles. The summed E-state index contributed by atoms with van der Waals surface area (Å²) in [4.78, 5) is 26.7. The van der Waals surface area contributed by atoms with E-state index in [2.05, 4.69) is 46.2 Å². The third-order valence-corrected chi connectivity index (χ3v) is 7.74. The molecule has 1 fully saturated rings. The molecule has 0 amide bonds. The number of halogens is 1. The maximum atomic E-state index is 9.64. The van der Waals surface area contributed by atoms with Gasteiger partial charge in [-0.2, -0.15) is 0 Å². The van der Waals surface area contributed by atoms with E-state index in [9.17, 15) is 9.59 Å². The van der Waals surface area contributed by atoms with Crippen molar-refractivity contribution in [1.82, 2.24) is 9.80 Å². The number of aliphatic hydroxyl groups is 1. The van der Waals surface area contributed by atoms with Crippen molar-refractivity contribution in [3.05, 3.63) is 58.6 Å². The summed E-state index contributed by atoms with van der Waals surface area (Å²) in [6.07, 6.45) is 1.19. The molecule has 4 rings (SSSR count). The number of aliphatic carboxylic acids is 2. The summed E-state index contributed by atoms with van der Waals surface area (Å²) in [5.41, 5.74) is 2.54. The number of piperazine rings is 1. The van der Waals surface area contributed by atoms with Crippen LogP contribution in [-0.2, 0) is 20.7 Å². The fourth-order valence-corrected chi connectivity index (χ4v) is 5.60. The van der Waals surface area contributed by atoms with Crippen molar-refractivity contribution in [1.29, 1.82) is 0 Å². The van der Waals surface area contributed by atoms with Crippen LogP contribution in [0.2, 0.25) is 5.02 Å². The van der Waals surface area contributed by atoms with E-state index in [-0.39, 0.29) is 31.0 Å². The SMILES string of the molecule is O.O=C(O)CCC(=O)O.OCCCN1CCN(CCOC2Cc3cc(Cl)ccc3Sc3ccccc32)CC1. The number of carboxylic acid groups (broad SMARTS) is 2. The third kappa shape index (κ3) is 10.5. The number of aliphatic hydroxyl groups excluding tert-OH is 1. The highest BCUT2D eigenvalue weighted by molar-refractivity contribution is 7.99. The van der Waals surface area contributed by atoms with Crippen molar-refractivity contribution in [2.24, 2.45) is 0 Å². The molecule has 0 radical (unpaired) electrons. The van der Waals surface area contributed by atoms with E-state index in [4.69, 9.17) is 31.7 Å². The van der Waals surface area contributed by atoms with Crippen LogP contribution in [0.1, 0.15) is 36.5 Å². The van der Waals surface area contributed by atoms with Gasteiger partial charge in [0.15, 0.2) is 0 Å². The van der Waals surface area contributed by atoms with E-state index in [1.165, 1.54) is 20.9 Å². The van der Waals surface area contributed by atoms with E-state index < -0.39 is 11.9 Å². The Morgan fingerprint density at radius 2 is 1.58 bits per heavy atom. The molecular formula is C27H37ClN2O7S. The van der Waals surface area contributed by atoms with Gasteiger partial charge in [-0.1, -0.05) is 41.6 Å². The van der Waals surface area contributed by atoms with E-state index in [0.29, 0.717) is 0 Å². The predicted molar refractivity (Wildman–Crippen MR) is 147 cm³/mol. The molecule has 0 saturated carbocycles. The van der Waals surface area contributed by atoms with Gasteiger partial charge in [0.1, 0.15) is 0 Å². The lowest BCUT2D eigenvalue weighted by atomic mass is 10.0. The average Bonchev–Trinajstić information content (AvgIpc) is 3.03. The van der Waals surface area contributed by atoms with Gasteiger partial charge in [-0.3, -0.25) is 14.5 Å². The van der Waals surface area contributed by atoms with Crippen molar-refractivity contribution in [3.63, 3.8) is 0 Å². The van der Waals surface area contributed by atoms with Crippen LogP contribution in [-0.4, -0.2) is 95.0 Å². The zero-order chi connectivity index (χ0) is 26.6. The molecule has 5 N–H and O–H groups in total. The van der Waals surface area contributed by atoms with Gasteiger partial charge in [-0.15, -0.1) is 0 Å². The summed E-state index contributed by atoms with van der Waals surface area (Å²) in [5.74, 6) is -2.15. The molecule has 210 valence electrons. The van der Waals surface area contributed by atoms with Gasteiger partial charge in [0.25, 0.3) is 0 Å². The second-order valence-corrected chi connectivity index (χ2v) is 10.5. The quantitative estimate of drug-likeness (QED) is 0.393. The van der Waals surface area contributed by atoms with Crippen LogP contribution in [0.4, 0.5) is 0 Å². The number of ether oxygens (including phenoxy) is 1. The molecule has 2 aliphatic rings. The van der Waals surface area contributed by atoms with Gasteiger partial charge < -0.3 is 30.4 Å². The molecular weight excluding hydrogens is 532 g/mol. The number of hydrogen-bond donors (Lipinski definition) is 3. The number of nitrogens with zero attached hydrogens (tertiary/aromatic N) is 2. The molecule has 1 unspecified atom stereocenters. The molecule has 1 atom stereocenters. The van der Waals surface area contributed by atoms with Gasteiger partial charge in [-0.05, 0) is 41.8 Å². The standard InChI is InChI=1S/C23H29ClN2O2S.C4H6O4.H2O/c24-19-6-7-22-18(16-19)17-21(20-4-1-2-5-23(20)29-22)28-15-13-26-11-9-25(10-12-26)8-3-14-27;5-3(6)1-2-4(7)8;/h1-2,4-7,16,21,27H,3,8-15,17H2;1-2H2,(H,5,6)(H,7,8);1H2. The smallest absolute Gasteiger partial charge is 0.303 e. The van der Waals surface area contributed by atoms with Crippen molar-refractivity contribution in [2.75, 3.05) is 52.5 Å². The van der Waals surface area contributed by atoms with Gasteiger partial charge in [0, 0.05) is 67.1 Å². The zero-order valence-electron chi connectivity index (χ0n) is 21.4. The molecule has 0 bridgehead atoms. The lowest BCUT2D eigenvalue weighted by Crippen LogP contribution is -2.47. The Labute approximate surface area is 232 Å². The first-order valence-corrected chi connectivity index (χ1v) is 13.7. The largest absolute Gasteiger partial charge is 0.481 e. The van der Waals surface area contributed by atoms with Crippen LogP contribution in [0.5, 0.6) is 0 Å². The second kappa shape index (κ2) is 16.7. The van der Waals surface area contributed by atoms with Crippen molar-refractivity contribution in [3.8, 4) is 0 Å². The first-order valence-electron chi connectivity index (χ1n) is 12.5. The van der Waals surface area contributed by atoms with E-state index in [1.54, 1.807) is 0 Å². The number of carbonyl (C=O) groups is 2. The van der Waals surface area contributed by atoms with E-state index in [0.717, 1.165) is 63.7 Å². The number of benzene rings is 2. The Morgan fingerprint density at radius 1 is 0.947 bits per heavy atom. The molecule has 1 saturated heterocycles. The number of rotatable bonds is 10. The molecule has 0 spiro atoms. The predicted octanol–water partition coefficient (Wildman–Crippen LogP) is 3.22. The van der Waals surface area contributed by atoms with Crippen LogP contribution in [0.25, 0.3) is 0 Å². The molecule has 2 heterocycles. The van der Waals surface area contributed by atoms with Crippen LogP contribution in [0, 0.1) is 0 Å². The fourth-order valence-electron chi connectivity index (χ4n) is 4.29. The molecule has 2 aromatic rings.